The van der Waals surface area contributed by atoms with Crippen molar-refractivity contribution in [3.05, 3.63) is 24.2 Å². The molecule has 2 N–H and O–H groups in total. The lowest BCUT2D eigenvalue weighted by atomic mass is 10.0. The number of likely N-dealkylation sites (N-methyl/N-ethyl adjacent to an activating group) is 1. The number of nitrogens with zero attached hydrogens (tertiary/aromatic N) is 1. The van der Waals surface area contributed by atoms with Crippen LogP contribution in [0.3, 0.4) is 0 Å². The van der Waals surface area contributed by atoms with Crippen molar-refractivity contribution >= 4 is 16.1 Å². The Kier molecular flexibility index (Phi) is 4.72. The smallest absolute Gasteiger partial charge is 0.280 e. The Labute approximate surface area is 135 Å². The average molecular weight is 343 g/mol. The highest BCUT2D eigenvalue weighted by atomic mass is 32.2. The summed E-state index contributed by atoms with van der Waals surface area (Å²) >= 11 is 0. The number of hydrogen-bond acceptors (Lipinski definition) is 5. The Morgan fingerprint density at radius 1 is 1.52 bits per heavy atom. The van der Waals surface area contributed by atoms with E-state index in [2.05, 4.69) is 10.0 Å². The molecule has 0 bridgehead atoms. The zero-order chi connectivity index (χ0) is 16.4. The maximum Gasteiger partial charge on any atom is 0.280 e. The maximum absolute atomic E-state index is 12.4. The zero-order valence-electron chi connectivity index (χ0n) is 12.9. The van der Waals surface area contributed by atoms with Crippen molar-refractivity contribution < 1.29 is 22.4 Å². The summed E-state index contributed by atoms with van der Waals surface area (Å²) in [5.74, 6) is 0.184. The average Bonchev–Trinajstić information content (AvgIpc) is 3.20. The van der Waals surface area contributed by atoms with Crippen molar-refractivity contribution in [1.82, 2.24) is 14.3 Å². The lowest BCUT2D eigenvalue weighted by Crippen LogP contribution is -2.57. The molecule has 1 unspecified atom stereocenters. The lowest BCUT2D eigenvalue weighted by Gasteiger charge is -2.35. The highest BCUT2D eigenvalue weighted by molar-refractivity contribution is 7.87. The fourth-order valence-electron chi connectivity index (χ4n) is 2.92. The topological polar surface area (TPSA) is 101 Å². The standard InChI is InChI=1S/C14H21N3O5S/c1-17-12(14(18)15-9-10-4-2-6-21-10)8-11(16-23(17,19)20)13-5-3-7-22-13/h3,5,7,10-12,16H,2,4,6,8-9H2,1H3,(H,15,18)/t10?,11-,12+/m0/s1. The van der Waals surface area contributed by atoms with Gasteiger partial charge in [-0.05, 0) is 31.4 Å². The Hall–Kier alpha value is -1.42. The molecule has 3 heterocycles. The first kappa shape index (κ1) is 16.4. The fraction of sp³-hybridized carbons (Fsp3) is 0.643. The molecule has 3 rings (SSSR count). The van der Waals surface area contributed by atoms with Crippen LogP contribution in [0.4, 0.5) is 0 Å². The minimum absolute atomic E-state index is 0.0171. The normalized spacial score (nSPS) is 31.1. The number of furan rings is 1. The van der Waals surface area contributed by atoms with Crippen molar-refractivity contribution in [1.29, 1.82) is 0 Å². The van der Waals surface area contributed by atoms with E-state index in [0.29, 0.717) is 25.3 Å². The quantitative estimate of drug-likeness (QED) is 0.811. The number of carbonyl (C=O) groups is 1. The van der Waals surface area contributed by atoms with Gasteiger partial charge in [-0.2, -0.15) is 17.4 Å². The van der Waals surface area contributed by atoms with Gasteiger partial charge in [0.25, 0.3) is 10.2 Å². The third kappa shape index (κ3) is 3.57. The number of hydrogen-bond donors (Lipinski definition) is 2. The molecular weight excluding hydrogens is 322 g/mol. The summed E-state index contributed by atoms with van der Waals surface area (Å²) in [5.41, 5.74) is 0. The SMILES string of the molecule is CN1[C@@H](C(=O)NCC2CCCO2)C[C@@H](c2ccco2)NS1(=O)=O. The molecule has 2 fully saturated rings. The predicted octanol–water partition coefficient (Wildman–Crippen LogP) is 0.154. The number of rotatable bonds is 4. The van der Waals surface area contributed by atoms with Gasteiger partial charge in [0, 0.05) is 20.2 Å². The fourth-order valence-corrected chi connectivity index (χ4v) is 4.18. The van der Waals surface area contributed by atoms with Crippen LogP contribution in [-0.4, -0.2) is 51.0 Å². The number of nitrogens with one attached hydrogen (secondary N) is 2. The second kappa shape index (κ2) is 6.60. The molecule has 9 heteroatoms. The minimum Gasteiger partial charge on any atom is -0.468 e. The van der Waals surface area contributed by atoms with Crippen LogP contribution in [0.15, 0.2) is 22.8 Å². The van der Waals surface area contributed by atoms with Crippen LogP contribution in [0.5, 0.6) is 0 Å². The Morgan fingerprint density at radius 3 is 3.00 bits per heavy atom. The van der Waals surface area contributed by atoms with Crippen LogP contribution in [0.25, 0.3) is 0 Å². The summed E-state index contributed by atoms with van der Waals surface area (Å²) in [5, 5.41) is 2.80. The third-order valence-electron chi connectivity index (χ3n) is 4.29. The highest BCUT2D eigenvalue weighted by Gasteiger charge is 2.41. The first-order valence-corrected chi connectivity index (χ1v) is 9.09. The summed E-state index contributed by atoms with van der Waals surface area (Å²) in [6.45, 7) is 1.12. The summed E-state index contributed by atoms with van der Waals surface area (Å²) < 4.78 is 38.8. The van der Waals surface area contributed by atoms with E-state index in [-0.39, 0.29) is 12.0 Å². The van der Waals surface area contributed by atoms with E-state index >= 15 is 0 Å². The molecule has 2 aliphatic heterocycles. The monoisotopic (exact) mass is 343 g/mol. The van der Waals surface area contributed by atoms with E-state index < -0.39 is 22.3 Å². The molecule has 1 aromatic rings. The second-order valence-electron chi connectivity index (χ2n) is 5.84. The molecule has 0 aliphatic carbocycles. The summed E-state index contributed by atoms with van der Waals surface area (Å²) in [4.78, 5) is 12.4. The lowest BCUT2D eigenvalue weighted by molar-refractivity contribution is -0.125. The number of amides is 1. The van der Waals surface area contributed by atoms with Gasteiger partial charge in [0.15, 0.2) is 0 Å². The van der Waals surface area contributed by atoms with Gasteiger partial charge in [0.2, 0.25) is 5.91 Å². The molecule has 8 nitrogen and oxygen atoms in total. The van der Waals surface area contributed by atoms with Gasteiger partial charge in [-0.3, -0.25) is 4.79 Å². The summed E-state index contributed by atoms with van der Waals surface area (Å²) in [7, 11) is -2.34. The van der Waals surface area contributed by atoms with Crippen LogP contribution >= 0.6 is 0 Å². The van der Waals surface area contributed by atoms with Gasteiger partial charge < -0.3 is 14.5 Å². The maximum atomic E-state index is 12.4. The van der Waals surface area contributed by atoms with E-state index in [1.54, 1.807) is 12.1 Å². The van der Waals surface area contributed by atoms with Crippen LogP contribution < -0.4 is 10.0 Å². The molecule has 2 saturated heterocycles. The van der Waals surface area contributed by atoms with Crippen LogP contribution in [-0.2, 0) is 19.7 Å². The largest absolute Gasteiger partial charge is 0.468 e. The summed E-state index contributed by atoms with van der Waals surface area (Å²) in [6.07, 6.45) is 3.71. The van der Waals surface area contributed by atoms with Crippen molar-refractivity contribution in [3.8, 4) is 0 Å². The van der Waals surface area contributed by atoms with E-state index in [1.165, 1.54) is 13.3 Å². The highest BCUT2D eigenvalue weighted by Crippen LogP contribution is 2.28. The molecule has 1 aromatic heterocycles. The van der Waals surface area contributed by atoms with Crippen molar-refractivity contribution in [2.24, 2.45) is 0 Å². The molecule has 128 valence electrons. The summed E-state index contributed by atoms with van der Waals surface area (Å²) in [6, 6.07) is 2.05. The van der Waals surface area contributed by atoms with E-state index in [0.717, 1.165) is 17.1 Å². The van der Waals surface area contributed by atoms with Gasteiger partial charge in [-0.25, -0.2) is 0 Å². The molecule has 0 radical (unpaired) electrons. The molecule has 0 aromatic carbocycles. The molecular formula is C14H21N3O5S. The molecule has 23 heavy (non-hydrogen) atoms. The van der Waals surface area contributed by atoms with E-state index in [1.807, 2.05) is 0 Å². The first-order chi connectivity index (χ1) is 11.0. The van der Waals surface area contributed by atoms with Gasteiger partial charge in [-0.1, -0.05) is 0 Å². The molecule has 0 saturated carbocycles. The Bertz CT molecular complexity index is 639. The number of carbonyl (C=O) groups excluding carboxylic acids is 1. The van der Waals surface area contributed by atoms with Crippen molar-refractivity contribution in [3.63, 3.8) is 0 Å². The van der Waals surface area contributed by atoms with Gasteiger partial charge >= 0.3 is 0 Å². The molecule has 3 atom stereocenters. The van der Waals surface area contributed by atoms with E-state index in [9.17, 15) is 13.2 Å². The Balaban J connectivity index is 1.69. The molecule has 0 spiro atoms. The van der Waals surface area contributed by atoms with Crippen molar-refractivity contribution in [2.45, 2.75) is 37.5 Å². The third-order valence-corrected chi connectivity index (χ3v) is 5.88. The molecule has 1 amide bonds. The van der Waals surface area contributed by atoms with E-state index in [4.69, 9.17) is 9.15 Å². The Morgan fingerprint density at radius 2 is 2.35 bits per heavy atom. The number of ether oxygens (including phenoxy) is 1. The van der Waals surface area contributed by atoms with Gasteiger partial charge in [0.05, 0.1) is 18.4 Å². The zero-order valence-corrected chi connectivity index (χ0v) is 13.7. The van der Waals surface area contributed by atoms with Gasteiger partial charge in [-0.15, -0.1) is 0 Å². The second-order valence-corrected chi connectivity index (χ2v) is 7.60. The molecule has 2 aliphatic rings. The minimum atomic E-state index is -3.74. The van der Waals surface area contributed by atoms with Crippen LogP contribution in [0.2, 0.25) is 0 Å². The predicted molar refractivity (Wildman–Crippen MR) is 81.7 cm³/mol. The van der Waals surface area contributed by atoms with Crippen LogP contribution in [0, 0.1) is 0 Å². The first-order valence-electron chi connectivity index (χ1n) is 7.65. The van der Waals surface area contributed by atoms with Crippen molar-refractivity contribution in [2.75, 3.05) is 20.2 Å². The van der Waals surface area contributed by atoms with Gasteiger partial charge in [0.1, 0.15) is 11.8 Å². The van der Waals surface area contributed by atoms with Crippen LogP contribution in [0.1, 0.15) is 31.1 Å².